The van der Waals surface area contributed by atoms with Crippen molar-refractivity contribution in [3.05, 3.63) is 35.8 Å². The van der Waals surface area contributed by atoms with E-state index in [1.54, 1.807) is 7.11 Å². The lowest BCUT2D eigenvalue weighted by Crippen LogP contribution is -1.91. The number of nitrogens with two attached hydrogens (primary N) is 1. The maximum absolute atomic E-state index is 5.54. The summed E-state index contributed by atoms with van der Waals surface area (Å²) < 4.78 is 5.03. The summed E-state index contributed by atoms with van der Waals surface area (Å²) in [7, 11) is 1.66. The molecule has 1 aliphatic rings. The van der Waals surface area contributed by atoms with Gasteiger partial charge in [0.05, 0.1) is 12.9 Å². The second-order valence-electron chi connectivity index (χ2n) is 2.10. The van der Waals surface area contributed by atoms with Crippen LogP contribution in [0.25, 0.3) is 0 Å². The molecule has 0 unspecified atom stereocenters. The molecule has 0 bridgehead atoms. The van der Waals surface area contributed by atoms with Crippen molar-refractivity contribution >= 4 is 0 Å². The van der Waals surface area contributed by atoms with E-state index in [1.165, 1.54) is 0 Å². The van der Waals surface area contributed by atoms with Crippen molar-refractivity contribution in [2.45, 2.75) is 6.42 Å². The lowest BCUT2D eigenvalue weighted by atomic mass is 10.3. The van der Waals surface area contributed by atoms with E-state index in [0.29, 0.717) is 0 Å². The van der Waals surface area contributed by atoms with Gasteiger partial charge < -0.3 is 10.5 Å². The Balaban J connectivity index is 2.69. The molecule has 2 N–H and O–H groups in total. The molecule has 0 atom stereocenters. The van der Waals surface area contributed by atoms with Gasteiger partial charge in [0.15, 0.2) is 0 Å². The third-order valence-electron chi connectivity index (χ3n) is 1.37. The zero-order chi connectivity index (χ0) is 7.40. The molecule has 2 heteroatoms. The lowest BCUT2D eigenvalue weighted by Gasteiger charge is -1.98. The van der Waals surface area contributed by atoms with E-state index >= 15 is 0 Å². The van der Waals surface area contributed by atoms with E-state index in [4.69, 9.17) is 10.5 Å². The molecule has 0 aromatic heterocycles. The Kier molecular flexibility index (Phi) is 2.15. The van der Waals surface area contributed by atoms with Crippen LogP contribution >= 0.6 is 0 Å². The predicted molar refractivity (Wildman–Crippen MR) is 41.1 cm³/mol. The van der Waals surface area contributed by atoms with Gasteiger partial charge in [-0.25, -0.2) is 0 Å². The Morgan fingerprint density at radius 1 is 1.60 bits per heavy atom. The highest BCUT2D eigenvalue weighted by molar-refractivity contribution is 5.25. The third-order valence-corrected chi connectivity index (χ3v) is 1.37. The standard InChI is InChI=1S/C8H11NO/c1-10-8-4-2-3-7(9)5-6-8/h2-5H,6,9H2,1H3. The molecule has 0 amide bonds. The average molecular weight is 137 g/mol. The zero-order valence-electron chi connectivity index (χ0n) is 6.00. The monoisotopic (exact) mass is 137 g/mol. The molecule has 1 rings (SSSR count). The van der Waals surface area contributed by atoms with Crippen molar-refractivity contribution < 1.29 is 4.74 Å². The number of hydrogen-bond donors (Lipinski definition) is 1. The summed E-state index contributed by atoms with van der Waals surface area (Å²) in [5, 5.41) is 0. The van der Waals surface area contributed by atoms with Gasteiger partial charge in [-0.2, -0.15) is 0 Å². The van der Waals surface area contributed by atoms with Crippen LogP contribution in [-0.4, -0.2) is 7.11 Å². The molecule has 0 saturated heterocycles. The summed E-state index contributed by atoms with van der Waals surface area (Å²) in [6, 6.07) is 0. The first-order valence-electron chi connectivity index (χ1n) is 3.20. The molecule has 0 saturated carbocycles. The van der Waals surface area contributed by atoms with Crippen molar-refractivity contribution in [1.82, 2.24) is 0 Å². The molecule has 10 heavy (non-hydrogen) atoms. The largest absolute Gasteiger partial charge is 0.501 e. The van der Waals surface area contributed by atoms with Crippen LogP contribution in [0, 0.1) is 0 Å². The fraction of sp³-hybridized carbons (Fsp3) is 0.250. The Morgan fingerprint density at radius 3 is 3.10 bits per heavy atom. The first-order chi connectivity index (χ1) is 4.83. The number of ether oxygens (including phenoxy) is 1. The molecule has 0 spiro atoms. The minimum atomic E-state index is 0.787. The van der Waals surface area contributed by atoms with Gasteiger partial charge in [0.2, 0.25) is 0 Å². The predicted octanol–water partition coefficient (Wildman–Crippen LogP) is 1.32. The van der Waals surface area contributed by atoms with Crippen LogP contribution < -0.4 is 5.73 Å². The van der Waals surface area contributed by atoms with E-state index in [0.717, 1.165) is 17.9 Å². The normalized spacial score (nSPS) is 17.3. The Hall–Kier alpha value is -1.18. The Morgan fingerprint density at radius 2 is 2.40 bits per heavy atom. The van der Waals surface area contributed by atoms with E-state index in [2.05, 4.69) is 0 Å². The summed E-state index contributed by atoms with van der Waals surface area (Å²) in [4.78, 5) is 0. The van der Waals surface area contributed by atoms with Crippen LogP contribution in [0.1, 0.15) is 6.42 Å². The summed E-state index contributed by atoms with van der Waals surface area (Å²) in [5.74, 6) is 0.941. The van der Waals surface area contributed by atoms with Gasteiger partial charge in [-0.05, 0) is 12.2 Å². The highest BCUT2D eigenvalue weighted by Crippen LogP contribution is 2.08. The summed E-state index contributed by atoms with van der Waals surface area (Å²) in [5.41, 5.74) is 6.33. The molecular weight excluding hydrogens is 126 g/mol. The topological polar surface area (TPSA) is 35.2 Å². The minimum absolute atomic E-state index is 0.787. The van der Waals surface area contributed by atoms with Gasteiger partial charge in [0.1, 0.15) is 0 Å². The van der Waals surface area contributed by atoms with Crippen LogP contribution in [0.5, 0.6) is 0 Å². The second kappa shape index (κ2) is 3.11. The van der Waals surface area contributed by atoms with Crippen molar-refractivity contribution in [3.8, 4) is 0 Å². The molecule has 0 aliphatic heterocycles. The number of methoxy groups -OCH3 is 1. The molecule has 0 fully saturated rings. The van der Waals surface area contributed by atoms with Crippen molar-refractivity contribution in [1.29, 1.82) is 0 Å². The van der Waals surface area contributed by atoms with Crippen molar-refractivity contribution in [3.63, 3.8) is 0 Å². The smallest absolute Gasteiger partial charge is 0.0993 e. The third kappa shape index (κ3) is 1.65. The number of rotatable bonds is 1. The minimum Gasteiger partial charge on any atom is -0.501 e. The van der Waals surface area contributed by atoms with Gasteiger partial charge >= 0.3 is 0 Å². The highest BCUT2D eigenvalue weighted by Gasteiger charge is 1.94. The van der Waals surface area contributed by atoms with Crippen LogP contribution in [0.3, 0.4) is 0 Å². The van der Waals surface area contributed by atoms with Gasteiger partial charge in [-0.1, -0.05) is 12.2 Å². The van der Waals surface area contributed by atoms with Gasteiger partial charge in [-0.15, -0.1) is 0 Å². The van der Waals surface area contributed by atoms with Gasteiger partial charge in [0, 0.05) is 12.1 Å². The maximum atomic E-state index is 5.54. The first-order valence-corrected chi connectivity index (χ1v) is 3.20. The summed E-state index contributed by atoms with van der Waals surface area (Å²) in [6.45, 7) is 0. The van der Waals surface area contributed by atoms with Crippen molar-refractivity contribution in [2.75, 3.05) is 7.11 Å². The van der Waals surface area contributed by atoms with Gasteiger partial charge in [-0.3, -0.25) is 0 Å². The SMILES string of the molecule is COC1=CC=CC(N)=CC1. The lowest BCUT2D eigenvalue weighted by molar-refractivity contribution is 0.285. The van der Waals surface area contributed by atoms with Crippen molar-refractivity contribution in [2.24, 2.45) is 5.73 Å². The summed E-state index contributed by atoms with van der Waals surface area (Å²) in [6.07, 6.45) is 8.37. The van der Waals surface area contributed by atoms with Crippen LogP contribution in [-0.2, 0) is 4.74 Å². The Labute approximate surface area is 60.7 Å². The van der Waals surface area contributed by atoms with Crippen LogP contribution in [0.2, 0.25) is 0 Å². The molecule has 0 aromatic carbocycles. The van der Waals surface area contributed by atoms with Crippen LogP contribution in [0.4, 0.5) is 0 Å². The fourth-order valence-electron chi connectivity index (χ4n) is 0.772. The highest BCUT2D eigenvalue weighted by atomic mass is 16.5. The molecule has 0 aromatic rings. The van der Waals surface area contributed by atoms with E-state index < -0.39 is 0 Å². The van der Waals surface area contributed by atoms with E-state index in [9.17, 15) is 0 Å². The molecule has 1 aliphatic carbocycles. The molecule has 0 radical (unpaired) electrons. The van der Waals surface area contributed by atoms with Gasteiger partial charge in [0.25, 0.3) is 0 Å². The molecule has 54 valence electrons. The molecule has 2 nitrogen and oxygen atoms in total. The van der Waals surface area contributed by atoms with E-state index in [1.807, 2.05) is 24.3 Å². The molecule has 0 heterocycles. The Bertz CT molecular complexity index is 199. The number of hydrogen-bond acceptors (Lipinski definition) is 2. The zero-order valence-corrected chi connectivity index (χ0v) is 6.00. The summed E-state index contributed by atoms with van der Waals surface area (Å²) >= 11 is 0. The second-order valence-corrected chi connectivity index (χ2v) is 2.10. The van der Waals surface area contributed by atoms with Crippen LogP contribution in [0.15, 0.2) is 35.8 Å². The maximum Gasteiger partial charge on any atom is 0.0993 e. The van der Waals surface area contributed by atoms with E-state index in [-0.39, 0.29) is 0 Å². The first kappa shape index (κ1) is 6.93. The quantitative estimate of drug-likeness (QED) is 0.591. The molecular formula is C8H11NO. The number of allylic oxidation sites excluding steroid dienone is 4. The fourth-order valence-corrected chi connectivity index (χ4v) is 0.772. The average Bonchev–Trinajstić information content (AvgIpc) is 2.14.